The molecule has 1 aliphatic heterocycles. The highest BCUT2D eigenvalue weighted by atomic mass is 32.2. The zero-order valence-electron chi connectivity index (χ0n) is 5.37. The predicted molar refractivity (Wildman–Crippen MR) is 36.9 cm³/mol. The molecule has 0 spiro atoms. The van der Waals surface area contributed by atoms with Crippen LogP contribution in [0.1, 0.15) is 6.42 Å². The molecule has 0 aliphatic carbocycles. The summed E-state index contributed by atoms with van der Waals surface area (Å²) in [5, 5.41) is 0. The molecule has 1 saturated heterocycles. The van der Waals surface area contributed by atoms with E-state index in [1.165, 1.54) is 0 Å². The first-order chi connectivity index (χ1) is 4.34. The van der Waals surface area contributed by atoms with Gasteiger partial charge in [0.1, 0.15) is 0 Å². The van der Waals surface area contributed by atoms with Crippen LogP contribution in [-0.2, 0) is 9.78 Å². The second kappa shape index (κ2) is 3.41. The fourth-order valence-electron chi connectivity index (χ4n) is 0.565. The molecular weight excluding hydrogens is 138 g/mol. The van der Waals surface area contributed by atoms with Crippen LogP contribution in [0.15, 0.2) is 0 Å². The molecule has 0 radical (unpaired) electrons. The first-order valence-corrected chi connectivity index (χ1v) is 4.30. The highest BCUT2D eigenvalue weighted by molar-refractivity contribution is 7.98. The lowest BCUT2D eigenvalue weighted by molar-refractivity contribution is 0.0850. The third-order valence-electron chi connectivity index (χ3n) is 1.21. The Morgan fingerprint density at radius 3 is 2.78 bits per heavy atom. The summed E-state index contributed by atoms with van der Waals surface area (Å²) in [5.74, 6) is 1.07. The van der Waals surface area contributed by atoms with E-state index < -0.39 is 0 Å². The van der Waals surface area contributed by atoms with Gasteiger partial charge in [0.05, 0.1) is 6.04 Å². The summed E-state index contributed by atoms with van der Waals surface area (Å²) in [6.07, 6.45) is 2.91. The van der Waals surface area contributed by atoms with Crippen molar-refractivity contribution in [3.05, 3.63) is 0 Å². The van der Waals surface area contributed by atoms with Crippen LogP contribution < -0.4 is 5.73 Å². The maximum Gasteiger partial charge on any atom is 0.239 e. The molecule has 0 amide bonds. The SMILES string of the molecule is CSCC[C@H](N)C1OO1. The van der Waals surface area contributed by atoms with Gasteiger partial charge in [0, 0.05) is 0 Å². The van der Waals surface area contributed by atoms with E-state index in [1.807, 2.05) is 0 Å². The van der Waals surface area contributed by atoms with Crippen molar-refractivity contribution in [2.24, 2.45) is 5.73 Å². The maximum absolute atomic E-state index is 5.60. The van der Waals surface area contributed by atoms with Crippen molar-refractivity contribution in [2.45, 2.75) is 18.8 Å². The molecule has 4 heteroatoms. The topological polar surface area (TPSA) is 51.1 Å². The highest BCUT2D eigenvalue weighted by Crippen LogP contribution is 2.17. The van der Waals surface area contributed by atoms with E-state index in [4.69, 9.17) is 5.73 Å². The van der Waals surface area contributed by atoms with Gasteiger partial charge in [-0.2, -0.15) is 21.5 Å². The molecule has 9 heavy (non-hydrogen) atoms. The molecule has 3 nitrogen and oxygen atoms in total. The van der Waals surface area contributed by atoms with Crippen LogP contribution in [0.4, 0.5) is 0 Å². The van der Waals surface area contributed by atoms with Crippen molar-refractivity contribution in [2.75, 3.05) is 12.0 Å². The van der Waals surface area contributed by atoms with E-state index in [-0.39, 0.29) is 12.3 Å². The monoisotopic (exact) mass is 149 g/mol. The van der Waals surface area contributed by atoms with Crippen LogP contribution in [0.5, 0.6) is 0 Å². The fraction of sp³-hybridized carbons (Fsp3) is 1.00. The summed E-state index contributed by atoms with van der Waals surface area (Å²) in [6.45, 7) is 0. The van der Waals surface area contributed by atoms with Gasteiger partial charge in [-0.1, -0.05) is 0 Å². The Morgan fingerprint density at radius 2 is 2.33 bits per heavy atom. The first kappa shape index (κ1) is 7.34. The van der Waals surface area contributed by atoms with Gasteiger partial charge >= 0.3 is 0 Å². The normalized spacial score (nSPS) is 22.0. The average molecular weight is 149 g/mol. The van der Waals surface area contributed by atoms with Gasteiger partial charge in [0.25, 0.3) is 0 Å². The molecule has 1 atom stereocenters. The van der Waals surface area contributed by atoms with E-state index in [0.717, 1.165) is 12.2 Å². The van der Waals surface area contributed by atoms with E-state index in [9.17, 15) is 0 Å². The molecule has 54 valence electrons. The molecule has 0 aromatic carbocycles. The van der Waals surface area contributed by atoms with Gasteiger partial charge in [0.2, 0.25) is 6.29 Å². The minimum absolute atomic E-state index is 0.0671. The van der Waals surface area contributed by atoms with Crippen LogP contribution in [0.2, 0.25) is 0 Å². The molecule has 2 N–H and O–H groups in total. The number of rotatable bonds is 4. The Hall–Kier alpha value is 0.230. The maximum atomic E-state index is 5.60. The molecule has 0 aromatic rings. The minimum atomic E-state index is -0.114. The van der Waals surface area contributed by atoms with Gasteiger partial charge in [-0.25, -0.2) is 0 Å². The van der Waals surface area contributed by atoms with Crippen molar-refractivity contribution in [1.29, 1.82) is 0 Å². The Balaban J connectivity index is 1.96. The predicted octanol–water partition coefficient (Wildman–Crippen LogP) is 0.355. The summed E-state index contributed by atoms with van der Waals surface area (Å²) >= 11 is 1.78. The largest absolute Gasteiger partial charge is 0.323 e. The van der Waals surface area contributed by atoms with Gasteiger partial charge in [-0.3, -0.25) is 0 Å². The summed E-state index contributed by atoms with van der Waals surface area (Å²) < 4.78 is 0. The van der Waals surface area contributed by atoms with E-state index in [1.54, 1.807) is 11.8 Å². The fourth-order valence-corrected chi connectivity index (χ4v) is 1.07. The lowest BCUT2D eigenvalue weighted by Crippen LogP contribution is -2.26. The van der Waals surface area contributed by atoms with Crippen LogP contribution in [0.3, 0.4) is 0 Å². The standard InChI is InChI=1S/C5H11NO2S/c1-9-3-2-4(6)5-7-8-5/h4-5H,2-3,6H2,1H3/t4-/m0/s1. The zero-order chi connectivity index (χ0) is 6.69. The number of hydrogen-bond donors (Lipinski definition) is 1. The van der Waals surface area contributed by atoms with Crippen LogP contribution in [0.25, 0.3) is 0 Å². The third-order valence-corrected chi connectivity index (χ3v) is 1.86. The smallest absolute Gasteiger partial charge is 0.239 e. The lowest BCUT2D eigenvalue weighted by atomic mass is 10.2. The van der Waals surface area contributed by atoms with Gasteiger partial charge in [-0.05, 0) is 18.4 Å². The second-order valence-electron chi connectivity index (χ2n) is 2.01. The van der Waals surface area contributed by atoms with E-state index >= 15 is 0 Å². The molecule has 1 aliphatic rings. The van der Waals surface area contributed by atoms with Crippen LogP contribution in [0, 0.1) is 0 Å². The van der Waals surface area contributed by atoms with Gasteiger partial charge in [0.15, 0.2) is 0 Å². The Labute approximate surface area is 58.8 Å². The molecule has 0 unspecified atom stereocenters. The molecule has 1 fully saturated rings. The van der Waals surface area contributed by atoms with Crippen LogP contribution in [-0.4, -0.2) is 24.3 Å². The Kier molecular flexibility index (Phi) is 2.78. The number of nitrogens with two attached hydrogens (primary N) is 1. The van der Waals surface area contributed by atoms with Crippen molar-refractivity contribution >= 4 is 11.8 Å². The van der Waals surface area contributed by atoms with Crippen molar-refractivity contribution in [1.82, 2.24) is 0 Å². The number of hydrogen-bond acceptors (Lipinski definition) is 4. The highest BCUT2D eigenvalue weighted by Gasteiger charge is 2.32. The molecule has 0 aromatic heterocycles. The molecule has 1 heterocycles. The second-order valence-corrected chi connectivity index (χ2v) is 2.99. The Bertz CT molecular complexity index is 87.0. The zero-order valence-corrected chi connectivity index (χ0v) is 6.19. The van der Waals surface area contributed by atoms with E-state index in [2.05, 4.69) is 16.0 Å². The average Bonchev–Trinajstić information content (AvgIpc) is 2.63. The third kappa shape index (κ3) is 2.53. The van der Waals surface area contributed by atoms with Crippen LogP contribution >= 0.6 is 11.8 Å². The first-order valence-electron chi connectivity index (χ1n) is 2.91. The molecular formula is C5H11NO2S. The molecule has 0 saturated carbocycles. The summed E-state index contributed by atoms with van der Waals surface area (Å²) in [4.78, 5) is 9.07. The summed E-state index contributed by atoms with van der Waals surface area (Å²) in [5.41, 5.74) is 5.60. The number of thioether (sulfide) groups is 1. The Morgan fingerprint density at radius 1 is 1.67 bits per heavy atom. The quantitative estimate of drug-likeness (QED) is 0.463. The van der Waals surface area contributed by atoms with Crippen molar-refractivity contribution in [3.8, 4) is 0 Å². The van der Waals surface area contributed by atoms with E-state index in [0.29, 0.717) is 0 Å². The van der Waals surface area contributed by atoms with Crippen molar-refractivity contribution < 1.29 is 9.78 Å². The van der Waals surface area contributed by atoms with Gasteiger partial charge in [-0.15, -0.1) is 0 Å². The summed E-state index contributed by atoms with van der Waals surface area (Å²) in [7, 11) is 0. The molecule has 1 rings (SSSR count). The lowest BCUT2D eigenvalue weighted by Gasteiger charge is -2.01. The van der Waals surface area contributed by atoms with Gasteiger partial charge < -0.3 is 5.73 Å². The van der Waals surface area contributed by atoms with Crippen molar-refractivity contribution in [3.63, 3.8) is 0 Å². The molecule has 0 bridgehead atoms. The minimum Gasteiger partial charge on any atom is -0.323 e. The summed E-state index contributed by atoms with van der Waals surface area (Å²) in [6, 6.07) is 0.0671.